The van der Waals surface area contributed by atoms with E-state index in [1.807, 2.05) is 30.3 Å². The summed E-state index contributed by atoms with van der Waals surface area (Å²) < 4.78 is 0. The van der Waals surface area contributed by atoms with E-state index in [4.69, 9.17) is 18.6 Å². The molecule has 0 fully saturated rings. The molecular formula is C13H23Cl2NTi-2. The Hall–Kier alpha value is 0.604. The van der Waals surface area contributed by atoms with E-state index in [0.717, 1.165) is 0 Å². The summed E-state index contributed by atoms with van der Waals surface area (Å²) in [5.41, 5.74) is 0.219. The van der Waals surface area contributed by atoms with Gasteiger partial charge in [-0.1, -0.05) is 41.5 Å². The van der Waals surface area contributed by atoms with E-state index in [1.165, 1.54) is 0 Å². The van der Waals surface area contributed by atoms with Gasteiger partial charge >= 0.3 is 35.6 Å². The van der Waals surface area contributed by atoms with Gasteiger partial charge in [-0.2, -0.15) is 18.2 Å². The fourth-order valence-corrected chi connectivity index (χ4v) is 1.33. The van der Waals surface area contributed by atoms with Crippen molar-refractivity contribution in [1.82, 2.24) is 0 Å². The van der Waals surface area contributed by atoms with Gasteiger partial charge in [-0.25, -0.2) is 12.1 Å². The topological polar surface area (TPSA) is 14.1 Å². The fraction of sp³-hybridized carbons (Fsp3) is 0.615. The number of hydrogen-bond donors (Lipinski definition) is 0. The summed E-state index contributed by atoms with van der Waals surface area (Å²) in [4.78, 5) is 0. The summed E-state index contributed by atoms with van der Waals surface area (Å²) in [5.74, 6) is 0. The number of rotatable bonds is 0. The van der Waals surface area contributed by atoms with Gasteiger partial charge in [0.15, 0.2) is 0 Å². The molecule has 1 nitrogen and oxygen atoms in total. The normalized spacial score (nSPS) is 10.6. The molecule has 1 aromatic carbocycles. The molecule has 0 unspecified atom stereocenters. The minimum Gasteiger partial charge on any atom is -0.214 e. The third kappa shape index (κ3) is 26.3. The molecule has 0 saturated heterocycles. The van der Waals surface area contributed by atoms with Crippen LogP contribution in [0.25, 0.3) is 5.32 Å². The Morgan fingerprint density at radius 3 is 1.24 bits per heavy atom. The SMILES string of the molecule is CC(C)(C)[N-]C(C)(C)C.[Cl][Ti][Cl].c1cc[cH-]c1. The van der Waals surface area contributed by atoms with Gasteiger partial charge in [0.2, 0.25) is 0 Å². The molecule has 17 heavy (non-hydrogen) atoms. The maximum Gasteiger partial charge on any atom is -0.172 e. The maximum absolute atomic E-state index is 4.89. The second-order valence-corrected chi connectivity index (χ2v) is 8.07. The third-order valence-electron chi connectivity index (χ3n) is 1.23. The first-order valence-corrected chi connectivity index (χ1v) is 9.79. The van der Waals surface area contributed by atoms with Crippen molar-refractivity contribution in [2.75, 3.05) is 0 Å². The Bertz CT molecular complexity index is 206. The van der Waals surface area contributed by atoms with Crippen LogP contribution >= 0.6 is 18.6 Å². The molecule has 0 saturated carbocycles. The average molecular weight is 312 g/mol. The van der Waals surface area contributed by atoms with Gasteiger partial charge in [-0.05, 0) is 0 Å². The van der Waals surface area contributed by atoms with Crippen LogP contribution in [0.2, 0.25) is 0 Å². The molecule has 0 bridgehead atoms. The van der Waals surface area contributed by atoms with Crippen LogP contribution in [0.4, 0.5) is 0 Å². The van der Waals surface area contributed by atoms with Crippen LogP contribution in [-0.4, -0.2) is 11.1 Å². The first-order valence-electron chi connectivity index (χ1n) is 5.49. The van der Waals surface area contributed by atoms with Crippen LogP contribution in [-0.2, 0) is 17.0 Å². The van der Waals surface area contributed by atoms with Crippen LogP contribution < -0.4 is 0 Å². The molecule has 0 aliphatic rings. The van der Waals surface area contributed by atoms with Crippen molar-refractivity contribution >= 4 is 18.6 Å². The fourth-order valence-electron chi connectivity index (χ4n) is 1.33. The van der Waals surface area contributed by atoms with Crippen molar-refractivity contribution in [1.29, 1.82) is 0 Å². The molecule has 0 N–H and O–H groups in total. The predicted molar refractivity (Wildman–Crippen MR) is 76.6 cm³/mol. The minimum atomic E-state index is -0.556. The first kappa shape index (κ1) is 19.9. The van der Waals surface area contributed by atoms with Crippen LogP contribution in [0.3, 0.4) is 0 Å². The van der Waals surface area contributed by atoms with Crippen molar-refractivity contribution < 1.29 is 17.0 Å². The molecule has 0 amide bonds. The molecule has 0 aliphatic carbocycles. The molecule has 0 atom stereocenters. The van der Waals surface area contributed by atoms with Crippen molar-refractivity contribution in [2.45, 2.75) is 52.6 Å². The molecule has 0 aliphatic heterocycles. The number of halogens is 2. The van der Waals surface area contributed by atoms with E-state index in [9.17, 15) is 0 Å². The monoisotopic (exact) mass is 311 g/mol. The molecule has 1 rings (SSSR count). The first-order chi connectivity index (χ1) is 7.62. The van der Waals surface area contributed by atoms with Crippen LogP contribution in [0.1, 0.15) is 41.5 Å². The Morgan fingerprint density at radius 1 is 0.882 bits per heavy atom. The Kier molecular flexibility index (Phi) is 12.3. The van der Waals surface area contributed by atoms with Gasteiger partial charge in [0.1, 0.15) is 0 Å². The Balaban J connectivity index is 0. The molecule has 4 heteroatoms. The summed E-state index contributed by atoms with van der Waals surface area (Å²) in [5, 5.41) is 4.54. The van der Waals surface area contributed by atoms with Crippen LogP contribution in [0, 0.1) is 0 Å². The van der Waals surface area contributed by atoms with Gasteiger partial charge in [0.25, 0.3) is 0 Å². The van der Waals surface area contributed by atoms with Crippen LogP contribution in [0.5, 0.6) is 0 Å². The van der Waals surface area contributed by atoms with Gasteiger partial charge in [0.05, 0.1) is 0 Å². The van der Waals surface area contributed by atoms with E-state index in [-0.39, 0.29) is 11.1 Å². The van der Waals surface area contributed by atoms with E-state index in [0.29, 0.717) is 0 Å². The average Bonchev–Trinajstić information content (AvgIpc) is 2.52. The van der Waals surface area contributed by atoms with Gasteiger partial charge < -0.3 is 5.32 Å². The van der Waals surface area contributed by atoms with Crippen LogP contribution in [0.15, 0.2) is 30.3 Å². The largest absolute Gasteiger partial charge is 0.214 e. The van der Waals surface area contributed by atoms with E-state index >= 15 is 0 Å². The van der Waals surface area contributed by atoms with E-state index in [1.54, 1.807) is 0 Å². The van der Waals surface area contributed by atoms with Gasteiger partial charge in [-0.15, -0.1) is 11.1 Å². The van der Waals surface area contributed by atoms with E-state index < -0.39 is 17.0 Å². The smallest absolute Gasteiger partial charge is 0.172 e. The quantitative estimate of drug-likeness (QED) is 0.428. The molecule has 0 heterocycles. The number of hydrogen-bond acceptors (Lipinski definition) is 0. The summed E-state index contributed by atoms with van der Waals surface area (Å²) in [6.45, 7) is 12.7. The van der Waals surface area contributed by atoms with Crippen molar-refractivity contribution in [2.24, 2.45) is 0 Å². The minimum absolute atomic E-state index is 0.109. The Labute approximate surface area is 123 Å². The maximum atomic E-state index is 4.89. The van der Waals surface area contributed by atoms with Crippen molar-refractivity contribution in [3.8, 4) is 0 Å². The molecule has 0 aromatic heterocycles. The summed E-state index contributed by atoms with van der Waals surface area (Å²) in [6, 6.07) is 10.0. The summed E-state index contributed by atoms with van der Waals surface area (Å²) in [6.07, 6.45) is 0. The number of nitrogens with zero attached hydrogens (tertiary/aromatic N) is 1. The van der Waals surface area contributed by atoms with Gasteiger partial charge in [-0.3, -0.25) is 0 Å². The predicted octanol–water partition coefficient (Wildman–Crippen LogP) is 5.74. The van der Waals surface area contributed by atoms with Gasteiger partial charge in [0, 0.05) is 0 Å². The molecule has 0 radical (unpaired) electrons. The zero-order valence-corrected chi connectivity index (χ0v) is 14.7. The zero-order chi connectivity index (χ0) is 13.9. The second-order valence-electron chi connectivity index (χ2n) is 5.49. The molecule has 0 spiro atoms. The summed E-state index contributed by atoms with van der Waals surface area (Å²) >= 11 is -0.556. The van der Waals surface area contributed by atoms with Crippen molar-refractivity contribution in [3.05, 3.63) is 35.6 Å². The second kappa shape index (κ2) is 10.5. The van der Waals surface area contributed by atoms with Crippen molar-refractivity contribution in [3.63, 3.8) is 0 Å². The standard InChI is InChI=1S/C8H18N.C5H5.2ClH.Ti/c1-7(2,3)9-8(4,5)6;1-2-4-5-3-1;;;/h1-6H3;1-5H;2*1H;/q2*-1;;;+2/p-2. The molecule has 100 valence electrons. The molecular weight excluding hydrogens is 289 g/mol. The summed E-state index contributed by atoms with van der Waals surface area (Å²) in [7, 11) is 9.78. The van der Waals surface area contributed by atoms with E-state index in [2.05, 4.69) is 46.9 Å². The third-order valence-corrected chi connectivity index (χ3v) is 1.23. The Morgan fingerprint density at radius 2 is 1.18 bits per heavy atom. The molecule has 1 aromatic rings. The zero-order valence-electron chi connectivity index (χ0n) is 11.6.